The first kappa shape index (κ1) is 14.5. The number of rotatable bonds is 3. The van der Waals surface area contributed by atoms with Gasteiger partial charge < -0.3 is 10.2 Å². The Morgan fingerprint density at radius 1 is 1.25 bits per heavy atom. The highest BCUT2D eigenvalue weighted by Crippen LogP contribution is 2.18. The summed E-state index contributed by atoms with van der Waals surface area (Å²) in [6.07, 6.45) is 1.69. The summed E-state index contributed by atoms with van der Waals surface area (Å²) in [7, 11) is 1.63. The highest BCUT2D eigenvalue weighted by molar-refractivity contribution is 5.80. The summed E-state index contributed by atoms with van der Waals surface area (Å²) in [6.45, 7) is 1.22. The fourth-order valence-corrected chi connectivity index (χ4v) is 2.48. The summed E-state index contributed by atoms with van der Waals surface area (Å²) in [5.41, 5.74) is 0.810. The molecular weight excluding hydrogens is 259 g/mol. The molecule has 0 unspecified atom stereocenters. The third-order valence-corrected chi connectivity index (χ3v) is 3.73. The van der Waals surface area contributed by atoms with Crippen LogP contribution >= 0.6 is 0 Å². The average molecular weight is 278 g/mol. The van der Waals surface area contributed by atoms with Crippen LogP contribution in [0.5, 0.6) is 0 Å². The van der Waals surface area contributed by atoms with Crippen LogP contribution in [0.4, 0.5) is 4.39 Å². The predicted octanol–water partition coefficient (Wildman–Crippen LogP) is 1.35. The standard InChI is InChI=1S/C15H19FN2O2/c1-17-15(20)12-6-8-18(9-7-12)14(19)10-11-2-4-13(16)5-3-11/h2-5,12H,6-10H2,1H3,(H,17,20). The molecule has 4 nitrogen and oxygen atoms in total. The fraction of sp³-hybridized carbons (Fsp3) is 0.467. The smallest absolute Gasteiger partial charge is 0.226 e. The first-order valence-electron chi connectivity index (χ1n) is 6.84. The molecule has 5 heteroatoms. The lowest BCUT2D eigenvalue weighted by atomic mass is 9.95. The quantitative estimate of drug-likeness (QED) is 0.907. The van der Waals surface area contributed by atoms with Crippen molar-refractivity contribution >= 4 is 11.8 Å². The second kappa shape index (κ2) is 6.50. The fourth-order valence-electron chi connectivity index (χ4n) is 2.48. The van der Waals surface area contributed by atoms with Gasteiger partial charge in [0.1, 0.15) is 5.82 Å². The first-order valence-corrected chi connectivity index (χ1v) is 6.84. The molecule has 1 aliphatic heterocycles. The van der Waals surface area contributed by atoms with Gasteiger partial charge in [0.25, 0.3) is 0 Å². The van der Waals surface area contributed by atoms with Crippen molar-refractivity contribution in [3.05, 3.63) is 35.6 Å². The lowest BCUT2D eigenvalue weighted by Gasteiger charge is -2.31. The van der Waals surface area contributed by atoms with Crippen LogP contribution in [0.3, 0.4) is 0 Å². The van der Waals surface area contributed by atoms with Crippen molar-refractivity contribution in [2.45, 2.75) is 19.3 Å². The van der Waals surface area contributed by atoms with E-state index in [4.69, 9.17) is 0 Å². The molecule has 1 saturated heterocycles. The van der Waals surface area contributed by atoms with Gasteiger partial charge in [0, 0.05) is 26.1 Å². The maximum absolute atomic E-state index is 12.8. The Labute approximate surface area is 118 Å². The molecule has 2 rings (SSSR count). The molecule has 0 radical (unpaired) electrons. The van der Waals surface area contributed by atoms with E-state index in [9.17, 15) is 14.0 Å². The molecule has 108 valence electrons. The molecule has 1 aromatic carbocycles. The Kier molecular flexibility index (Phi) is 4.71. The molecule has 2 amide bonds. The summed E-state index contributed by atoms with van der Waals surface area (Å²) in [5, 5.41) is 2.65. The zero-order chi connectivity index (χ0) is 14.5. The van der Waals surface area contributed by atoms with Crippen LogP contribution in [0.2, 0.25) is 0 Å². The summed E-state index contributed by atoms with van der Waals surface area (Å²) in [5.74, 6) is -0.204. The van der Waals surface area contributed by atoms with E-state index in [2.05, 4.69) is 5.32 Å². The number of hydrogen-bond donors (Lipinski definition) is 1. The summed E-state index contributed by atoms with van der Waals surface area (Å²) in [6, 6.07) is 5.98. The maximum atomic E-state index is 12.8. The van der Waals surface area contributed by atoms with Crippen LogP contribution in [-0.4, -0.2) is 36.9 Å². The van der Waals surface area contributed by atoms with E-state index in [0.29, 0.717) is 25.9 Å². The van der Waals surface area contributed by atoms with Gasteiger partial charge in [-0.2, -0.15) is 0 Å². The SMILES string of the molecule is CNC(=O)C1CCN(C(=O)Cc2ccc(F)cc2)CC1. The molecule has 1 heterocycles. The monoisotopic (exact) mass is 278 g/mol. The molecule has 1 N–H and O–H groups in total. The Hall–Kier alpha value is -1.91. The minimum Gasteiger partial charge on any atom is -0.359 e. The van der Waals surface area contributed by atoms with Gasteiger partial charge >= 0.3 is 0 Å². The van der Waals surface area contributed by atoms with E-state index in [0.717, 1.165) is 5.56 Å². The molecular formula is C15H19FN2O2. The minimum atomic E-state index is -0.299. The number of amides is 2. The van der Waals surface area contributed by atoms with Gasteiger partial charge in [0.05, 0.1) is 6.42 Å². The second-order valence-corrected chi connectivity index (χ2v) is 5.07. The van der Waals surface area contributed by atoms with Crippen molar-refractivity contribution < 1.29 is 14.0 Å². The molecule has 0 aliphatic carbocycles. The van der Waals surface area contributed by atoms with Crippen molar-refractivity contribution in [2.24, 2.45) is 5.92 Å². The van der Waals surface area contributed by atoms with Gasteiger partial charge in [-0.15, -0.1) is 0 Å². The van der Waals surface area contributed by atoms with Crippen LogP contribution in [0.15, 0.2) is 24.3 Å². The van der Waals surface area contributed by atoms with E-state index in [1.54, 1.807) is 24.1 Å². The minimum absolute atomic E-state index is 0.00914. The van der Waals surface area contributed by atoms with Crippen LogP contribution in [-0.2, 0) is 16.0 Å². The van der Waals surface area contributed by atoms with Crippen molar-refractivity contribution in [2.75, 3.05) is 20.1 Å². The Morgan fingerprint density at radius 3 is 2.40 bits per heavy atom. The Balaban J connectivity index is 1.85. The van der Waals surface area contributed by atoms with Crippen LogP contribution in [0, 0.1) is 11.7 Å². The van der Waals surface area contributed by atoms with Crippen molar-refractivity contribution in [1.29, 1.82) is 0 Å². The zero-order valence-electron chi connectivity index (χ0n) is 11.6. The number of nitrogens with zero attached hydrogens (tertiary/aromatic N) is 1. The summed E-state index contributed by atoms with van der Waals surface area (Å²) >= 11 is 0. The van der Waals surface area contributed by atoms with Gasteiger partial charge in [-0.1, -0.05) is 12.1 Å². The molecule has 0 saturated carbocycles. The topological polar surface area (TPSA) is 49.4 Å². The van der Waals surface area contributed by atoms with Gasteiger partial charge in [0.15, 0.2) is 0 Å². The van der Waals surface area contributed by atoms with E-state index in [1.165, 1.54) is 12.1 Å². The number of carbonyl (C=O) groups excluding carboxylic acids is 2. The normalized spacial score (nSPS) is 16.0. The number of benzene rings is 1. The van der Waals surface area contributed by atoms with E-state index >= 15 is 0 Å². The average Bonchev–Trinajstić information content (AvgIpc) is 2.49. The number of halogens is 1. The molecule has 0 atom stereocenters. The van der Waals surface area contributed by atoms with E-state index < -0.39 is 0 Å². The molecule has 1 aromatic rings. The second-order valence-electron chi connectivity index (χ2n) is 5.07. The highest BCUT2D eigenvalue weighted by Gasteiger charge is 2.26. The first-order chi connectivity index (χ1) is 9.60. The van der Waals surface area contributed by atoms with E-state index in [1.807, 2.05) is 0 Å². The lowest BCUT2D eigenvalue weighted by molar-refractivity contribution is -0.134. The number of carbonyl (C=O) groups is 2. The van der Waals surface area contributed by atoms with E-state index in [-0.39, 0.29) is 30.0 Å². The van der Waals surface area contributed by atoms with Crippen LogP contribution in [0.25, 0.3) is 0 Å². The molecule has 0 spiro atoms. The largest absolute Gasteiger partial charge is 0.359 e. The van der Waals surface area contributed by atoms with Crippen molar-refractivity contribution in [3.63, 3.8) is 0 Å². The van der Waals surface area contributed by atoms with Crippen molar-refractivity contribution in [3.8, 4) is 0 Å². The predicted molar refractivity (Wildman–Crippen MR) is 73.5 cm³/mol. The van der Waals surface area contributed by atoms with Gasteiger partial charge in [-0.3, -0.25) is 9.59 Å². The number of piperidine rings is 1. The number of nitrogens with one attached hydrogen (secondary N) is 1. The van der Waals surface area contributed by atoms with Crippen molar-refractivity contribution in [1.82, 2.24) is 10.2 Å². The van der Waals surface area contributed by atoms with Gasteiger partial charge in [-0.05, 0) is 30.5 Å². The Morgan fingerprint density at radius 2 is 1.85 bits per heavy atom. The van der Waals surface area contributed by atoms with Crippen LogP contribution in [0.1, 0.15) is 18.4 Å². The van der Waals surface area contributed by atoms with Gasteiger partial charge in [-0.25, -0.2) is 4.39 Å². The molecule has 0 bridgehead atoms. The summed E-state index contributed by atoms with van der Waals surface area (Å²) in [4.78, 5) is 25.4. The third kappa shape index (κ3) is 3.56. The summed E-state index contributed by atoms with van der Waals surface area (Å²) < 4.78 is 12.8. The lowest BCUT2D eigenvalue weighted by Crippen LogP contribution is -2.42. The zero-order valence-corrected chi connectivity index (χ0v) is 11.6. The third-order valence-electron chi connectivity index (χ3n) is 3.73. The van der Waals surface area contributed by atoms with Gasteiger partial charge in [0.2, 0.25) is 11.8 Å². The van der Waals surface area contributed by atoms with Crippen LogP contribution < -0.4 is 5.32 Å². The number of hydrogen-bond acceptors (Lipinski definition) is 2. The maximum Gasteiger partial charge on any atom is 0.226 e. The molecule has 1 aliphatic rings. The number of likely N-dealkylation sites (tertiary alicyclic amines) is 1. The molecule has 0 aromatic heterocycles. The molecule has 1 fully saturated rings. The Bertz CT molecular complexity index is 479. The highest BCUT2D eigenvalue weighted by atomic mass is 19.1. The molecule has 20 heavy (non-hydrogen) atoms.